The maximum absolute atomic E-state index is 13.2. The Kier molecular flexibility index (Phi) is 6.99. The van der Waals surface area contributed by atoms with Crippen LogP contribution in [0.5, 0.6) is 0 Å². The van der Waals surface area contributed by atoms with Gasteiger partial charge in [0.1, 0.15) is 5.52 Å². The van der Waals surface area contributed by atoms with Crippen LogP contribution in [0.3, 0.4) is 0 Å². The number of fused-ring (bicyclic) bond motifs is 1. The molecule has 1 aliphatic rings. The summed E-state index contributed by atoms with van der Waals surface area (Å²) >= 11 is 1.47. The Morgan fingerprint density at radius 2 is 1.72 bits per heavy atom. The van der Waals surface area contributed by atoms with E-state index in [1.807, 2.05) is 62.4 Å². The average molecular weight is 454 g/mol. The Morgan fingerprint density at radius 3 is 2.47 bits per heavy atom. The summed E-state index contributed by atoms with van der Waals surface area (Å²) in [7, 11) is 0. The minimum absolute atomic E-state index is 0.0195. The van der Waals surface area contributed by atoms with Crippen LogP contribution in [0.2, 0.25) is 0 Å². The largest absolute Gasteiger partial charge is 0.449 e. The lowest BCUT2D eigenvalue weighted by atomic mass is 10.1. The lowest BCUT2D eigenvalue weighted by Crippen LogP contribution is -2.51. The van der Waals surface area contributed by atoms with Crippen LogP contribution in [0.4, 0.5) is 4.79 Å². The number of amides is 2. The van der Waals surface area contributed by atoms with Gasteiger partial charge >= 0.3 is 6.09 Å². The van der Waals surface area contributed by atoms with Crippen molar-refractivity contribution in [3.63, 3.8) is 0 Å². The molecule has 168 valence electrons. The highest BCUT2D eigenvalue weighted by Crippen LogP contribution is 2.27. The van der Waals surface area contributed by atoms with Crippen molar-refractivity contribution in [2.45, 2.75) is 24.8 Å². The van der Waals surface area contributed by atoms with E-state index in [9.17, 15) is 9.59 Å². The molecular weight excluding hydrogens is 426 g/mol. The van der Waals surface area contributed by atoms with E-state index in [4.69, 9.17) is 9.15 Å². The smallest absolute Gasteiger partial charge is 0.409 e. The number of para-hydroxylation sites is 2. The number of benzene rings is 2. The van der Waals surface area contributed by atoms with E-state index in [2.05, 4.69) is 4.98 Å². The van der Waals surface area contributed by atoms with E-state index in [0.29, 0.717) is 55.2 Å². The molecule has 0 saturated carbocycles. The van der Waals surface area contributed by atoms with Crippen LogP contribution >= 0.6 is 11.8 Å². The van der Waals surface area contributed by atoms with Gasteiger partial charge in [0.25, 0.3) is 11.1 Å². The number of hydrogen-bond donors (Lipinski definition) is 0. The summed E-state index contributed by atoms with van der Waals surface area (Å²) in [6, 6.07) is 15.3. The fourth-order valence-electron chi connectivity index (χ4n) is 3.50. The molecule has 0 aliphatic carbocycles. The van der Waals surface area contributed by atoms with E-state index < -0.39 is 0 Å². The number of ether oxygens (including phenoxy) is 1. The van der Waals surface area contributed by atoms with Gasteiger partial charge in [-0.1, -0.05) is 55.9 Å². The summed E-state index contributed by atoms with van der Waals surface area (Å²) in [5.41, 5.74) is 3.18. The Labute approximate surface area is 191 Å². The zero-order valence-corrected chi connectivity index (χ0v) is 19.1. The summed E-state index contributed by atoms with van der Waals surface area (Å²) in [5.74, 6) is 0.857. The Balaban J connectivity index is 1.37. The second kappa shape index (κ2) is 10.1. The lowest BCUT2D eigenvalue weighted by molar-refractivity contribution is 0.0535. The highest BCUT2D eigenvalue weighted by atomic mass is 32.2. The quantitative estimate of drug-likeness (QED) is 0.505. The number of thioether (sulfide) groups is 1. The van der Waals surface area contributed by atoms with Crippen LogP contribution in [0.25, 0.3) is 11.1 Å². The first-order valence-electron chi connectivity index (χ1n) is 10.8. The van der Waals surface area contributed by atoms with Crippen LogP contribution < -0.4 is 0 Å². The molecule has 0 bridgehead atoms. The number of nitrogens with zero attached hydrogens (tertiary/aromatic N) is 3. The zero-order chi connectivity index (χ0) is 22.5. The molecule has 0 N–H and O–H groups in total. The van der Waals surface area contributed by atoms with Crippen molar-refractivity contribution in [2.75, 3.05) is 32.8 Å². The van der Waals surface area contributed by atoms with Crippen LogP contribution in [0.15, 0.2) is 58.2 Å². The first kappa shape index (κ1) is 22.2. The molecule has 1 aliphatic heterocycles. The first-order valence-corrected chi connectivity index (χ1v) is 11.8. The highest BCUT2D eigenvalue weighted by Gasteiger charge is 2.27. The fourth-order valence-corrected chi connectivity index (χ4v) is 4.34. The number of hydrogen-bond acceptors (Lipinski definition) is 6. The molecule has 1 aromatic heterocycles. The van der Waals surface area contributed by atoms with Gasteiger partial charge in [-0.15, -0.1) is 0 Å². The first-order chi connectivity index (χ1) is 15.5. The number of piperazine rings is 1. The van der Waals surface area contributed by atoms with E-state index in [0.717, 1.165) is 16.7 Å². The Hall–Kier alpha value is -3.00. The zero-order valence-electron chi connectivity index (χ0n) is 18.3. The van der Waals surface area contributed by atoms with E-state index in [1.165, 1.54) is 11.8 Å². The molecule has 1 fully saturated rings. The monoisotopic (exact) mass is 453 g/mol. The van der Waals surface area contributed by atoms with Gasteiger partial charge in [0.05, 0.1) is 6.61 Å². The van der Waals surface area contributed by atoms with Crippen LogP contribution in [-0.2, 0) is 10.5 Å². The summed E-state index contributed by atoms with van der Waals surface area (Å²) in [5, 5.41) is 0.585. The van der Waals surface area contributed by atoms with Crippen molar-refractivity contribution in [1.82, 2.24) is 14.8 Å². The third-order valence-corrected chi connectivity index (χ3v) is 6.12. The second-order valence-corrected chi connectivity index (χ2v) is 9.07. The van der Waals surface area contributed by atoms with E-state index >= 15 is 0 Å². The van der Waals surface area contributed by atoms with Crippen LogP contribution in [0, 0.1) is 5.92 Å². The van der Waals surface area contributed by atoms with Crippen molar-refractivity contribution in [3.05, 3.63) is 59.7 Å². The number of oxazole rings is 1. The maximum Gasteiger partial charge on any atom is 0.409 e. The van der Waals surface area contributed by atoms with Gasteiger partial charge < -0.3 is 19.0 Å². The molecule has 1 saturated heterocycles. The van der Waals surface area contributed by atoms with E-state index in [1.54, 1.807) is 9.80 Å². The molecule has 2 amide bonds. The molecule has 8 heteroatoms. The SMILES string of the molecule is CC(C)COC(=O)N1CCN(C(=O)c2ccccc2CSc2nc3ccccc3o2)CC1. The predicted octanol–water partition coefficient (Wildman–Crippen LogP) is 4.67. The summed E-state index contributed by atoms with van der Waals surface area (Å²) in [6.45, 7) is 6.34. The standard InChI is InChI=1S/C24H27N3O4S/c1-17(2)15-30-24(29)27-13-11-26(12-14-27)22(28)19-8-4-3-7-18(19)16-32-23-25-20-9-5-6-10-21(20)31-23/h3-10,17H,11-16H2,1-2H3. The maximum atomic E-state index is 13.2. The highest BCUT2D eigenvalue weighted by molar-refractivity contribution is 7.98. The summed E-state index contributed by atoms with van der Waals surface area (Å²) in [6.07, 6.45) is -0.305. The molecule has 7 nitrogen and oxygen atoms in total. The fraction of sp³-hybridized carbons (Fsp3) is 0.375. The second-order valence-electron chi connectivity index (χ2n) is 8.14. The van der Waals surface area contributed by atoms with Gasteiger partial charge in [-0.25, -0.2) is 9.78 Å². The molecule has 0 unspecified atom stereocenters. The third-order valence-electron chi connectivity index (χ3n) is 5.24. The van der Waals surface area contributed by atoms with Gasteiger partial charge in [-0.3, -0.25) is 4.79 Å². The Morgan fingerprint density at radius 1 is 1.03 bits per heavy atom. The van der Waals surface area contributed by atoms with Crippen LogP contribution in [0.1, 0.15) is 29.8 Å². The molecular formula is C24H27N3O4S. The predicted molar refractivity (Wildman–Crippen MR) is 124 cm³/mol. The van der Waals surface area contributed by atoms with E-state index in [-0.39, 0.29) is 12.0 Å². The number of aromatic nitrogens is 1. The minimum Gasteiger partial charge on any atom is -0.449 e. The summed E-state index contributed by atoms with van der Waals surface area (Å²) in [4.78, 5) is 33.3. The number of carbonyl (C=O) groups excluding carboxylic acids is 2. The van der Waals surface area contributed by atoms with Crippen molar-refractivity contribution < 1.29 is 18.7 Å². The van der Waals surface area contributed by atoms with Gasteiger partial charge in [0.2, 0.25) is 0 Å². The van der Waals surface area contributed by atoms with Gasteiger partial charge in [-0.05, 0) is 29.7 Å². The molecule has 2 heterocycles. The van der Waals surface area contributed by atoms with Crippen molar-refractivity contribution >= 4 is 34.9 Å². The lowest BCUT2D eigenvalue weighted by Gasteiger charge is -2.34. The molecule has 2 aromatic carbocycles. The summed E-state index contributed by atoms with van der Waals surface area (Å²) < 4.78 is 11.1. The Bertz CT molecular complexity index is 1060. The van der Waals surface area contributed by atoms with Gasteiger partial charge in [0, 0.05) is 37.5 Å². The van der Waals surface area contributed by atoms with Crippen molar-refractivity contribution in [2.24, 2.45) is 5.92 Å². The molecule has 0 atom stereocenters. The van der Waals surface area contributed by atoms with Crippen LogP contribution in [-0.4, -0.2) is 59.6 Å². The van der Waals surface area contributed by atoms with Gasteiger partial charge in [-0.2, -0.15) is 0 Å². The molecule has 3 aromatic rings. The normalized spacial score (nSPS) is 14.2. The minimum atomic E-state index is -0.305. The van der Waals surface area contributed by atoms with Crippen molar-refractivity contribution in [1.29, 1.82) is 0 Å². The molecule has 4 rings (SSSR count). The number of rotatable bonds is 6. The molecule has 32 heavy (non-hydrogen) atoms. The third kappa shape index (κ3) is 5.24. The van der Waals surface area contributed by atoms with Gasteiger partial charge in [0.15, 0.2) is 5.58 Å². The average Bonchev–Trinajstić information content (AvgIpc) is 3.24. The molecule has 0 spiro atoms. The van der Waals surface area contributed by atoms with Crippen molar-refractivity contribution in [3.8, 4) is 0 Å². The number of carbonyl (C=O) groups is 2. The molecule has 0 radical (unpaired) electrons. The topological polar surface area (TPSA) is 75.9 Å².